The average molecular weight is 484 g/mol. The van der Waals surface area contributed by atoms with E-state index in [2.05, 4.69) is 13.8 Å². The first-order valence-electron chi connectivity index (χ1n) is 11.1. The molecule has 1 aliphatic rings. The predicted octanol–water partition coefficient (Wildman–Crippen LogP) is 5.56. The highest BCUT2D eigenvalue weighted by Gasteiger charge is 2.35. The van der Waals surface area contributed by atoms with Gasteiger partial charge in [0, 0.05) is 6.92 Å². The normalized spacial score (nSPS) is 14.8. The van der Waals surface area contributed by atoms with E-state index >= 15 is 0 Å². The van der Waals surface area contributed by atoms with Gasteiger partial charge >= 0.3 is 5.97 Å². The Kier molecular flexibility index (Phi) is 8.39. The molecular weight excluding hydrogens is 454 g/mol. The van der Waals surface area contributed by atoms with Gasteiger partial charge in [0.05, 0.1) is 18.1 Å². The first kappa shape index (κ1) is 25.4. The van der Waals surface area contributed by atoms with Gasteiger partial charge in [0.2, 0.25) is 0 Å². The van der Waals surface area contributed by atoms with Crippen molar-refractivity contribution in [1.82, 2.24) is 4.90 Å². The summed E-state index contributed by atoms with van der Waals surface area (Å²) in [5.41, 5.74) is 2.82. The summed E-state index contributed by atoms with van der Waals surface area (Å²) in [7, 11) is 0. The summed E-state index contributed by atoms with van der Waals surface area (Å²) < 4.78 is 16.7. The topological polar surface area (TPSA) is 82.1 Å². The second-order valence-electron chi connectivity index (χ2n) is 8.11. The Hall–Kier alpha value is -3.26. The summed E-state index contributed by atoms with van der Waals surface area (Å²) >= 11 is 0.884. The molecule has 2 amide bonds. The van der Waals surface area contributed by atoms with Gasteiger partial charge in [-0.3, -0.25) is 19.3 Å². The molecule has 1 heterocycles. The minimum atomic E-state index is -0.455. The summed E-state index contributed by atoms with van der Waals surface area (Å²) in [6.45, 7) is 10.1. The summed E-state index contributed by atoms with van der Waals surface area (Å²) in [6.07, 6.45) is 1.63. The summed E-state index contributed by atoms with van der Waals surface area (Å²) in [5.74, 6) is 0.933. The van der Waals surface area contributed by atoms with Crippen molar-refractivity contribution in [3.63, 3.8) is 0 Å². The lowest BCUT2D eigenvalue weighted by atomic mass is 10.0. The third-order valence-corrected chi connectivity index (χ3v) is 5.96. The van der Waals surface area contributed by atoms with Crippen molar-refractivity contribution in [2.45, 2.75) is 40.5 Å². The molecule has 34 heavy (non-hydrogen) atoms. The highest BCUT2D eigenvalue weighted by atomic mass is 32.2. The van der Waals surface area contributed by atoms with Gasteiger partial charge in [0.1, 0.15) is 12.4 Å². The lowest BCUT2D eigenvalue weighted by molar-refractivity contribution is -0.132. The van der Waals surface area contributed by atoms with Crippen LogP contribution in [0, 0.1) is 6.92 Å². The minimum absolute atomic E-state index is 0.156. The van der Waals surface area contributed by atoms with Crippen molar-refractivity contribution < 1.29 is 28.6 Å². The van der Waals surface area contributed by atoms with Crippen LogP contribution in [0.4, 0.5) is 4.79 Å². The van der Waals surface area contributed by atoms with Gasteiger partial charge in [-0.05, 0) is 72.5 Å². The maximum atomic E-state index is 12.9. The standard InChI is InChI=1S/C26H29NO6S/c1-6-31-23-14-19(8-10-21(23)33-18(5)28)15-24-25(29)27(26(30)34-24)11-12-32-22-13-17(4)7-9-20(22)16(2)3/h7-10,13-16H,6,11-12H2,1-5H3/b24-15-. The van der Waals surface area contributed by atoms with Gasteiger partial charge in [0.25, 0.3) is 11.1 Å². The molecule has 0 spiro atoms. The molecule has 0 aliphatic carbocycles. The zero-order valence-corrected chi connectivity index (χ0v) is 20.9. The molecule has 0 radical (unpaired) electrons. The van der Waals surface area contributed by atoms with E-state index in [-0.39, 0.29) is 24.3 Å². The summed E-state index contributed by atoms with van der Waals surface area (Å²) in [6, 6.07) is 11.0. The SMILES string of the molecule is CCOc1cc(/C=C2\SC(=O)N(CCOc3cc(C)ccc3C(C)C)C2=O)ccc1OC(C)=O. The van der Waals surface area contributed by atoms with E-state index in [1.807, 2.05) is 32.0 Å². The number of carbonyl (C=O) groups excluding carboxylic acids is 3. The van der Waals surface area contributed by atoms with Gasteiger partial charge < -0.3 is 14.2 Å². The minimum Gasteiger partial charge on any atom is -0.491 e. The number of hydrogen-bond acceptors (Lipinski definition) is 7. The number of amides is 2. The highest BCUT2D eigenvalue weighted by molar-refractivity contribution is 8.18. The Bertz CT molecular complexity index is 1120. The van der Waals surface area contributed by atoms with Gasteiger partial charge in [-0.2, -0.15) is 0 Å². The van der Waals surface area contributed by atoms with Crippen LogP contribution in [-0.2, 0) is 9.59 Å². The number of imide groups is 1. The van der Waals surface area contributed by atoms with E-state index in [9.17, 15) is 14.4 Å². The number of esters is 1. The number of hydrogen-bond donors (Lipinski definition) is 0. The molecule has 2 aromatic carbocycles. The summed E-state index contributed by atoms with van der Waals surface area (Å²) in [5, 5.41) is -0.338. The molecule has 180 valence electrons. The lowest BCUT2D eigenvalue weighted by Crippen LogP contribution is -2.32. The molecule has 1 aliphatic heterocycles. The fourth-order valence-corrected chi connectivity index (χ4v) is 4.32. The van der Waals surface area contributed by atoms with E-state index in [4.69, 9.17) is 14.2 Å². The maximum absolute atomic E-state index is 12.9. The fourth-order valence-electron chi connectivity index (χ4n) is 3.46. The van der Waals surface area contributed by atoms with Crippen molar-refractivity contribution in [1.29, 1.82) is 0 Å². The number of benzene rings is 2. The van der Waals surface area contributed by atoms with E-state index < -0.39 is 5.97 Å². The smallest absolute Gasteiger partial charge is 0.308 e. The maximum Gasteiger partial charge on any atom is 0.308 e. The molecule has 8 heteroatoms. The van der Waals surface area contributed by atoms with Gasteiger partial charge in [-0.25, -0.2) is 0 Å². The van der Waals surface area contributed by atoms with E-state index in [0.29, 0.717) is 34.5 Å². The van der Waals surface area contributed by atoms with Crippen LogP contribution < -0.4 is 14.2 Å². The molecule has 0 N–H and O–H groups in total. The van der Waals surface area contributed by atoms with Crippen LogP contribution in [0.2, 0.25) is 0 Å². The number of rotatable bonds is 9. The van der Waals surface area contributed by atoms with Crippen LogP contribution in [0.1, 0.15) is 50.3 Å². The molecule has 0 atom stereocenters. The predicted molar refractivity (Wildman–Crippen MR) is 132 cm³/mol. The second-order valence-corrected chi connectivity index (χ2v) is 9.10. The summed E-state index contributed by atoms with van der Waals surface area (Å²) in [4.78, 5) is 38.2. The molecule has 0 bridgehead atoms. The Morgan fingerprint density at radius 3 is 2.50 bits per heavy atom. The van der Waals surface area contributed by atoms with Crippen molar-refractivity contribution in [3.05, 3.63) is 58.0 Å². The van der Waals surface area contributed by atoms with Crippen LogP contribution in [-0.4, -0.2) is 41.8 Å². The van der Waals surface area contributed by atoms with E-state index in [1.54, 1.807) is 24.3 Å². The van der Waals surface area contributed by atoms with Crippen LogP contribution in [0.3, 0.4) is 0 Å². The number of thioether (sulfide) groups is 1. The lowest BCUT2D eigenvalue weighted by Gasteiger charge is -2.17. The Morgan fingerprint density at radius 1 is 1.06 bits per heavy atom. The molecule has 1 fully saturated rings. The Balaban J connectivity index is 1.71. The van der Waals surface area contributed by atoms with Crippen molar-refractivity contribution in [3.8, 4) is 17.2 Å². The molecule has 0 unspecified atom stereocenters. The Labute approximate surface area is 204 Å². The molecule has 0 saturated carbocycles. The number of nitrogens with zero attached hydrogens (tertiary/aromatic N) is 1. The molecule has 2 aromatic rings. The average Bonchev–Trinajstić information content (AvgIpc) is 3.02. The van der Waals surface area contributed by atoms with Crippen molar-refractivity contribution in [2.75, 3.05) is 19.8 Å². The first-order chi connectivity index (χ1) is 16.2. The first-order valence-corrected chi connectivity index (χ1v) is 11.9. The van der Waals surface area contributed by atoms with Gasteiger partial charge in [-0.1, -0.05) is 32.0 Å². The monoisotopic (exact) mass is 483 g/mol. The molecular formula is C26H29NO6S. The van der Waals surface area contributed by atoms with Crippen molar-refractivity contribution in [2.24, 2.45) is 0 Å². The molecule has 3 rings (SSSR count). The van der Waals surface area contributed by atoms with Crippen LogP contribution in [0.15, 0.2) is 41.3 Å². The number of aryl methyl sites for hydroxylation is 1. The zero-order valence-electron chi connectivity index (χ0n) is 20.0. The second kappa shape index (κ2) is 11.2. The van der Waals surface area contributed by atoms with E-state index in [0.717, 1.165) is 28.6 Å². The van der Waals surface area contributed by atoms with Crippen LogP contribution in [0.5, 0.6) is 17.2 Å². The third kappa shape index (κ3) is 6.20. The largest absolute Gasteiger partial charge is 0.491 e. The molecule has 1 saturated heterocycles. The third-order valence-electron chi connectivity index (χ3n) is 5.06. The van der Waals surface area contributed by atoms with Crippen LogP contribution in [0.25, 0.3) is 6.08 Å². The zero-order chi connectivity index (χ0) is 24.8. The van der Waals surface area contributed by atoms with Crippen molar-refractivity contribution >= 4 is 35.0 Å². The highest BCUT2D eigenvalue weighted by Crippen LogP contribution is 2.35. The number of carbonyl (C=O) groups is 3. The fraction of sp³-hybridized carbons (Fsp3) is 0.346. The van der Waals surface area contributed by atoms with Crippen LogP contribution >= 0.6 is 11.8 Å². The Morgan fingerprint density at radius 2 is 1.82 bits per heavy atom. The van der Waals surface area contributed by atoms with Gasteiger partial charge in [-0.15, -0.1) is 0 Å². The van der Waals surface area contributed by atoms with E-state index in [1.165, 1.54) is 11.8 Å². The molecule has 7 nitrogen and oxygen atoms in total. The molecule has 0 aromatic heterocycles. The van der Waals surface area contributed by atoms with Gasteiger partial charge in [0.15, 0.2) is 11.5 Å². The number of ether oxygens (including phenoxy) is 3. The quantitative estimate of drug-likeness (QED) is 0.262.